The second kappa shape index (κ2) is 12.7. The minimum Gasteiger partial charge on any atom is -0.352 e. The molecule has 0 fully saturated rings. The van der Waals surface area contributed by atoms with Crippen LogP contribution in [0.4, 0.5) is 11.5 Å². The summed E-state index contributed by atoms with van der Waals surface area (Å²) in [6, 6.07) is 30.1. The highest BCUT2D eigenvalue weighted by Gasteiger charge is 2.13. The van der Waals surface area contributed by atoms with E-state index in [0.717, 1.165) is 42.6 Å². The summed E-state index contributed by atoms with van der Waals surface area (Å²) in [7, 11) is 0. The highest BCUT2D eigenvalue weighted by atomic mass is 16.1. The molecule has 4 rings (SSSR count). The predicted octanol–water partition coefficient (Wildman–Crippen LogP) is 6.40. The number of carbonyl (C=O) groups is 1. The Morgan fingerprint density at radius 2 is 1.54 bits per heavy atom. The minimum atomic E-state index is -0.0668. The molecule has 5 nitrogen and oxygen atoms in total. The highest BCUT2D eigenvalue weighted by molar-refractivity contribution is 6.07. The summed E-state index contributed by atoms with van der Waals surface area (Å²) in [6.07, 6.45) is 3.26. The quantitative estimate of drug-likeness (QED) is 0.237. The molecule has 0 aliphatic rings. The number of carbonyl (C=O) groups excluding carboxylic acids is 1. The molecule has 1 amide bonds. The summed E-state index contributed by atoms with van der Waals surface area (Å²) in [5.41, 5.74) is 3.70. The lowest BCUT2D eigenvalue weighted by Gasteiger charge is -2.22. The smallest absolute Gasteiger partial charge is 0.252 e. The normalized spacial score (nSPS) is 11.0. The number of aromatic nitrogens is 1. The van der Waals surface area contributed by atoms with Gasteiger partial charge in [0.2, 0.25) is 0 Å². The van der Waals surface area contributed by atoms with Gasteiger partial charge >= 0.3 is 0 Å². The van der Waals surface area contributed by atoms with E-state index in [9.17, 15) is 4.79 Å². The summed E-state index contributed by atoms with van der Waals surface area (Å²) >= 11 is 0. The third-order valence-corrected chi connectivity index (χ3v) is 6.02. The summed E-state index contributed by atoms with van der Waals surface area (Å²) in [4.78, 5) is 20.4. The van der Waals surface area contributed by atoms with Crippen LogP contribution in [0.25, 0.3) is 10.9 Å². The van der Waals surface area contributed by atoms with Crippen molar-refractivity contribution in [2.45, 2.75) is 32.7 Å². The number of para-hydroxylation sites is 2. The average Bonchev–Trinajstić information content (AvgIpc) is 2.90. The summed E-state index contributed by atoms with van der Waals surface area (Å²) < 4.78 is 0. The second-order valence-corrected chi connectivity index (χ2v) is 8.79. The maximum absolute atomic E-state index is 13.2. The first-order valence-electron chi connectivity index (χ1n) is 12.5. The van der Waals surface area contributed by atoms with Gasteiger partial charge < -0.3 is 10.6 Å². The molecule has 0 aliphatic heterocycles. The number of amides is 1. The summed E-state index contributed by atoms with van der Waals surface area (Å²) in [5.74, 6) is 0.594. The van der Waals surface area contributed by atoms with Gasteiger partial charge in [-0.2, -0.15) is 0 Å². The van der Waals surface area contributed by atoms with E-state index in [-0.39, 0.29) is 5.91 Å². The lowest BCUT2D eigenvalue weighted by molar-refractivity contribution is 0.0953. The molecule has 0 unspecified atom stereocenters. The van der Waals surface area contributed by atoms with Gasteiger partial charge in [-0.15, -0.1) is 0 Å². The minimum absolute atomic E-state index is 0.0668. The van der Waals surface area contributed by atoms with Crippen molar-refractivity contribution < 1.29 is 4.79 Å². The zero-order chi connectivity index (χ0) is 24.3. The van der Waals surface area contributed by atoms with Crippen molar-refractivity contribution in [1.82, 2.24) is 15.2 Å². The molecule has 0 aliphatic carbocycles. The van der Waals surface area contributed by atoms with Crippen LogP contribution in [0.2, 0.25) is 0 Å². The number of pyridine rings is 1. The third-order valence-electron chi connectivity index (χ3n) is 6.02. The number of nitrogens with zero attached hydrogens (tertiary/aromatic N) is 2. The van der Waals surface area contributed by atoms with Crippen LogP contribution in [0.3, 0.4) is 0 Å². The van der Waals surface area contributed by atoms with Gasteiger partial charge in [-0.3, -0.25) is 9.69 Å². The van der Waals surface area contributed by atoms with Gasteiger partial charge in [0.1, 0.15) is 5.82 Å². The standard InChI is InChI=1S/C30H34N4O/c1-2-3-20-34(23-24-13-6-4-7-14-24)21-12-19-31-30(35)27-22-29(32-25-15-8-5-9-16-25)33-28-18-11-10-17-26(27)28/h4-11,13-18,22H,2-3,12,19-21,23H2,1H3,(H,31,35)(H,32,33). The van der Waals surface area contributed by atoms with E-state index in [2.05, 4.69) is 52.8 Å². The molecule has 0 bridgehead atoms. The fourth-order valence-corrected chi connectivity index (χ4v) is 4.19. The molecule has 0 saturated carbocycles. The van der Waals surface area contributed by atoms with E-state index in [1.807, 2.05) is 60.7 Å². The number of rotatable bonds is 12. The van der Waals surface area contributed by atoms with Crippen LogP contribution in [0.5, 0.6) is 0 Å². The molecule has 180 valence electrons. The number of hydrogen-bond acceptors (Lipinski definition) is 4. The average molecular weight is 467 g/mol. The molecule has 2 N–H and O–H groups in total. The van der Waals surface area contributed by atoms with E-state index in [1.165, 1.54) is 18.4 Å². The van der Waals surface area contributed by atoms with Gasteiger partial charge in [-0.25, -0.2) is 4.98 Å². The number of anilines is 2. The Kier molecular flexibility index (Phi) is 8.85. The van der Waals surface area contributed by atoms with Crippen LogP contribution in [-0.2, 0) is 6.54 Å². The van der Waals surface area contributed by atoms with Crippen molar-refractivity contribution in [3.05, 3.63) is 102 Å². The fraction of sp³-hybridized carbons (Fsp3) is 0.267. The van der Waals surface area contributed by atoms with Crippen molar-refractivity contribution in [2.75, 3.05) is 25.0 Å². The molecule has 35 heavy (non-hydrogen) atoms. The van der Waals surface area contributed by atoms with Gasteiger partial charge in [0.25, 0.3) is 5.91 Å². The monoisotopic (exact) mass is 466 g/mol. The first-order chi connectivity index (χ1) is 17.2. The molecule has 3 aromatic carbocycles. The first-order valence-corrected chi connectivity index (χ1v) is 12.5. The van der Waals surface area contributed by atoms with Gasteiger partial charge in [0.05, 0.1) is 11.1 Å². The van der Waals surface area contributed by atoms with Crippen LogP contribution in [0.1, 0.15) is 42.1 Å². The summed E-state index contributed by atoms with van der Waals surface area (Å²) in [5, 5.41) is 7.31. The zero-order valence-corrected chi connectivity index (χ0v) is 20.4. The number of nitrogens with one attached hydrogen (secondary N) is 2. The molecule has 0 saturated heterocycles. The van der Waals surface area contributed by atoms with Crippen LogP contribution < -0.4 is 10.6 Å². The fourth-order valence-electron chi connectivity index (χ4n) is 4.19. The predicted molar refractivity (Wildman–Crippen MR) is 145 cm³/mol. The number of unbranched alkanes of at least 4 members (excludes halogenated alkanes) is 1. The van der Waals surface area contributed by atoms with Crippen LogP contribution in [0, 0.1) is 0 Å². The van der Waals surface area contributed by atoms with Crippen molar-refractivity contribution in [3.8, 4) is 0 Å². The van der Waals surface area contributed by atoms with E-state index in [1.54, 1.807) is 0 Å². The molecule has 0 spiro atoms. The molecule has 0 radical (unpaired) electrons. The molecule has 5 heteroatoms. The molecule has 0 atom stereocenters. The molecule has 1 aromatic heterocycles. The van der Waals surface area contributed by atoms with Crippen molar-refractivity contribution in [2.24, 2.45) is 0 Å². The Morgan fingerprint density at radius 1 is 0.857 bits per heavy atom. The number of fused-ring (bicyclic) bond motifs is 1. The lowest BCUT2D eigenvalue weighted by Crippen LogP contribution is -2.30. The van der Waals surface area contributed by atoms with E-state index >= 15 is 0 Å². The van der Waals surface area contributed by atoms with Crippen LogP contribution in [0.15, 0.2) is 91.0 Å². The number of benzene rings is 3. The van der Waals surface area contributed by atoms with Crippen molar-refractivity contribution in [1.29, 1.82) is 0 Å². The summed E-state index contributed by atoms with van der Waals surface area (Å²) in [6.45, 7) is 5.82. The van der Waals surface area contributed by atoms with Crippen LogP contribution >= 0.6 is 0 Å². The van der Waals surface area contributed by atoms with E-state index in [4.69, 9.17) is 4.98 Å². The Balaban J connectivity index is 1.39. The molecular formula is C30H34N4O. The Labute approximate surface area is 208 Å². The molecule has 1 heterocycles. The number of hydrogen-bond donors (Lipinski definition) is 2. The van der Waals surface area contributed by atoms with Crippen molar-refractivity contribution in [3.63, 3.8) is 0 Å². The SMILES string of the molecule is CCCCN(CCCNC(=O)c1cc(Nc2ccccc2)nc2ccccc12)Cc1ccccc1. The van der Waals surface area contributed by atoms with Crippen molar-refractivity contribution >= 4 is 28.3 Å². The van der Waals surface area contributed by atoms with Gasteiger partial charge in [0.15, 0.2) is 0 Å². The Morgan fingerprint density at radius 3 is 2.31 bits per heavy atom. The maximum atomic E-state index is 13.2. The van der Waals surface area contributed by atoms with Gasteiger partial charge in [-0.05, 0) is 49.2 Å². The van der Waals surface area contributed by atoms with Crippen LogP contribution in [-0.4, -0.2) is 35.4 Å². The lowest BCUT2D eigenvalue weighted by atomic mass is 10.1. The second-order valence-electron chi connectivity index (χ2n) is 8.79. The first kappa shape index (κ1) is 24.4. The zero-order valence-electron chi connectivity index (χ0n) is 20.4. The van der Waals surface area contributed by atoms with Gasteiger partial charge in [0, 0.05) is 30.7 Å². The Hall–Kier alpha value is -3.70. The molecule has 4 aromatic rings. The Bertz CT molecular complexity index is 1210. The third kappa shape index (κ3) is 7.14. The largest absolute Gasteiger partial charge is 0.352 e. The topological polar surface area (TPSA) is 57.3 Å². The highest BCUT2D eigenvalue weighted by Crippen LogP contribution is 2.23. The molecular weight excluding hydrogens is 432 g/mol. The van der Waals surface area contributed by atoms with Gasteiger partial charge in [-0.1, -0.05) is 80.1 Å². The maximum Gasteiger partial charge on any atom is 0.252 e. The van der Waals surface area contributed by atoms with E-state index < -0.39 is 0 Å². The van der Waals surface area contributed by atoms with E-state index in [0.29, 0.717) is 17.9 Å².